The van der Waals surface area contributed by atoms with Crippen LogP contribution >= 0.6 is 15.9 Å². The van der Waals surface area contributed by atoms with Crippen molar-refractivity contribution >= 4 is 21.8 Å². The second kappa shape index (κ2) is 5.63. The Hall–Kier alpha value is -1.89. The molecule has 0 aliphatic carbocycles. The quantitative estimate of drug-likeness (QED) is 0.872. The van der Waals surface area contributed by atoms with Gasteiger partial charge in [-0.1, -0.05) is 0 Å². The molecule has 2 aliphatic heterocycles. The monoisotopic (exact) mass is 379 g/mol. The van der Waals surface area contributed by atoms with Crippen LogP contribution in [0.3, 0.4) is 0 Å². The van der Waals surface area contributed by atoms with Gasteiger partial charge in [-0.15, -0.1) is 0 Å². The third kappa shape index (κ3) is 2.52. The summed E-state index contributed by atoms with van der Waals surface area (Å²) in [4.78, 5) is 12.6. The fourth-order valence-electron chi connectivity index (χ4n) is 3.17. The van der Waals surface area contributed by atoms with E-state index >= 15 is 0 Å². The third-order valence-corrected chi connectivity index (χ3v) is 4.97. The summed E-state index contributed by atoms with van der Waals surface area (Å²) in [5.74, 6) is -0.0514. The zero-order chi connectivity index (χ0) is 16.0. The molecule has 0 saturated carbocycles. The Morgan fingerprint density at radius 1 is 1.43 bits per heavy atom. The molecule has 3 heterocycles. The van der Waals surface area contributed by atoms with Gasteiger partial charge in [-0.2, -0.15) is 5.10 Å². The number of rotatable bonds is 2. The maximum atomic E-state index is 13.6. The molecule has 4 rings (SSSR count). The van der Waals surface area contributed by atoms with Crippen LogP contribution < -0.4 is 10.1 Å². The molecule has 5 nitrogen and oxygen atoms in total. The van der Waals surface area contributed by atoms with Crippen molar-refractivity contribution in [1.82, 2.24) is 15.1 Å². The van der Waals surface area contributed by atoms with E-state index in [2.05, 4.69) is 26.3 Å². The minimum absolute atomic E-state index is 0.157. The van der Waals surface area contributed by atoms with Gasteiger partial charge in [-0.25, -0.2) is 4.39 Å². The summed E-state index contributed by atoms with van der Waals surface area (Å²) in [6.45, 7) is 1.17. The first kappa shape index (κ1) is 14.7. The van der Waals surface area contributed by atoms with Crippen molar-refractivity contribution in [2.45, 2.75) is 31.8 Å². The molecule has 1 amide bonds. The highest BCUT2D eigenvalue weighted by Crippen LogP contribution is 2.36. The Balaban J connectivity index is 1.57. The molecule has 0 bridgehead atoms. The van der Waals surface area contributed by atoms with Gasteiger partial charge < -0.3 is 10.1 Å². The number of hydrogen-bond donors (Lipinski definition) is 1. The van der Waals surface area contributed by atoms with Gasteiger partial charge in [-0.05, 0) is 41.3 Å². The van der Waals surface area contributed by atoms with Gasteiger partial charge in [0.05, 0.1) is 28.0 Å². The number of aromatic nitrogens is 2. The number of nitrogens with one attached hydrogen (secondary N) is 1. The molecule has 120 valence electrons. The molecule has 1 aromatic carbocycles. The number of nitrogens with zero attached hydrogens (tertiary/aromatic N) is 2. The first-order valence-electron chi connectivity index (χ1n) is 7.61. The summed E-state index contributed by atoms with van der Waals surface area (Å²) in [6, 6.07) is 2.72. The van der Waals surface area contributed by atoms with Crippen LogP contribution in [0.25, 0.3) is 0 Å². The third-order valence-electron chi connectivity index (χ3n) is 4.37. The molecular formula is C16H15BrFN3O2. The van der Waals surface area contributed by atoms with Gasteiger partial charge in [-0.3, -0.25) is 9.48 Å². The topological polar surface area (TPSA) is 56.1 Å². The van der Waals surface area contributed by atoms with E-state index in [4.69, 9.17) is 4.74 Å². The van der Waals surface area contributed by atoms with Crippen molar-refractivity contribution in [3.8, 4) is 5.75 Å². The lowest BCUT2D eigenvalue weighted by atomic mass is 10.0. The van der Waals surface area contributed by atoms with Gasteiger partial charge in [0.2, 0.25) is 0 Å². The molecule has 1 aromatic heterocycles. The van der Waals surface area contributed by atoms with Crippen LogP contribution in [0.4, 0.5) is 4.39 Å². The van der Waals surface area contributed by atoms with E-state index in [9.17, 15) is 9.18 Å². The van der Waals surface area contributed by atoms with Crippen molar-refractivity contribution in [1.29, 1.82) is 0 Å². The Morgan fingerprint density at radius 2 is 2.30 bits per heavy atom. The molecule has 0 spiro atoms. The van der Waals surface area contributed by atoms with Crippen LogP contribution in [0.15, 0.2) is 22.8 Å². The summed E-state index contributed by atoms with van der Waals surface area (Å²) in [5, 5.41) is 7.26. The van der Waals surface area contributed by atoms with Crippen molar-refractivity contribution < 1.29 is 13.9 Å². The van der Waals surface area contributed by atoms with E-state index in [-0.39, 0.29) is 17.8 Å². The summed E-state index contributed by atoms with van der Waals surface area (Å²) < 4.78 is 21.3. The fourth-order valence-corrected chi connectivity index (χ4v) is 3.53. The molecule has 7 heteroatoms. The van der Waals surface area contributed by atoms with Gasteiger partial charge in [0, 0.05) is 18.2 Å². The molecule has 1 unspecified atom stereocenters. The number of aryl methyl sites for hydroxylation is 1. The van der Waals surface area contributed by atoms with Crippen LogP contribution in [0.1, 0.15) is 40.5 Å². The molecule has 1 N–H and O–H groups in total. The minimum atomic E-state index is -0.374. The summed E-state index contributed by atoms with van der Waals surface area (Å²) in [5.41, 5.74) is 2.40. The number of carbonyl (C=O) groups excluding carboxylic acids is 1. The van der Waals surface area contributed by atoms with Crippen LogP contribution in [0.2, 0.25) is 0 Å². The molecule has 2 aromatic rings. The van der Waals surface area contributed by atoms with Gasteiger partial charge >= 0.3 is 0 Å². The van der Waals surface area contributed by atoms with Crippen LogP contribution in [0, 0.1) is 5.82 Å². The van der Waals surface area contributed by atoms with Crippen LogP contribution in [-0.2, 0) is 13.0 Å². The molecule has 0 fully saturated rings. The Labute approximate surface area is 140 Å². The fraction of sp³-hybridized carbons (Fsp3) is 0.375. The number of hydrogen-bond acceptors (Lipinski definition) is 3. The molecule has 0 radical (unpaired) electrons. The molecule has 1 atom stereocenters. The van der Waals surface area contributed by atoms with Gasteiger partial charge in [0.25, 0.3) is 5.91 Å². The molecule has 2 aliphatic rings. The van der Waals surface area contributed by atoms with E-state index in [1.807, 2.05) is 4.68 Å². The summed E-state index contributed by atoms with van der Waals surface area (Å²) in [7, 11) is 0. The van der Waals surface area contributed by atoms with E-state index in [1.165, 1.54) is 6.07 Å². The second-order valence-electron chi connectivity index (χ2n) is 5.83. The van der Waals surface area contributed by atoms with Crippen LogP contribution in [-0.4, -0.2) is 22.3 Å². The average Bonchev–Trinajstić information content (AvgIpc) is 3.13. The Kier molecular flexibility index (Phi) is 3.60. The number of amides is 1. The number of ether oxygens (including phenoxy) is 1. The normalized spacial score (nSPS) is 19.0. The smallest absolute Gasteiger partial charge is 0.255 e. The first-order valence-corrected chi connectivity index (χ1v) is 8.40. The number of benzene rings is 1. The zero-order valence-electron chi connectivity index (χ0n) is 12.3. The van der Waals surface area contributed by atoms with E-state index in [1.54, 1.807) is 12.3 Å². The maximum absolute atomic E-state index is 13.6. The lowest BCUT2D eigenvalue weighted by Gasteiger charge is -2.16. The summed E-state index contributed by atoms with van der Waals surface area (Å²) in [6.07, 6.45) is 4.68. The summed E-state index contributed by atoms with van der Waals surface area (Å²) >= 11 is 3.17. The van der Waals surface area contributed by atoms with Gasteiger partial charge in [0.1, 0.15) is 18.2 Å². The minimum Gasteiger partial charge on any atom is -0.491 e. The standard InChI is InChI=1S/C16H15BrFN3O2/c17-11-5-9-13(8-23-15(9)6-12(11)18)20-16(22)10-7-19-21-4-2-1-3-14(10)21/h5-7,13H,1-4,8H2,(H,20,22). The van der Waals surface area contributed by atoms with E-state index < -0.39 is 0 Å². The predicted molar refractivity (Wildman–Crippen MR) is 85.0 cm³/mol. The maximum Gasteiger partial charge on any atom is 0.255 e. The number of fused-ring (bicyclic) bond motifs is 2. The number of carbonyl (C=O) groups is 1. The predicted octanol–water partition coefficient (Wildman–Crippen LogP) is 2.98. The van der Waals surface area contributed by atoms with Crippen molar-refractivity contribution in [3.63, 3.8) is 0 Å². The van der Waals surface area contributed by atoms with E-state index in [0.717, 1.165) is 37.1 Å². The highest BCUT2D eigenvalue weighted by molar-refractivity contribution is 9.10. The molecular weight excluding hydrogens is 365 g/mol. The van der Waals surface area contributed by atoms with Crippen LogP contribution in [0.5, 0.6) is 5.75 Å². The zero-order valence-corrected chi connectivity index (χ0v) is 13.9. The largest absolute Gasteiger partial charge is 0.491 e. The Morgan fingerprint density at radius 3 is 3.17 bits per heavy atom. The average molecular weight is 380 g/mol. The highest BCUT2D eigenvalue weighted by atomic mass is 79.9. The Bertz CT molecular complexity index is 790. The SMILES string of the molecule is O=C(NC1COc2cc(F)c(Br)cc21)c1cnn2c1CCCC2. The van der Waals surface area contributed by atoms with Crippen molar-refractivity contribution in [3.05, 3.63) is 45.4 Å². The highest BCUT2D eigenvalue weighted by Gasteiger charge is 2.29. The van der Waals surface area contributed by atoms with Crippen molar-refractivity contribution in [2.75, 3.05) is 6.61 Å². The lowest BCUT2D eigenvalue weighted by molar-refractivity contribution is 0.0929. The number of halogens is 2. The van der Waals surface area contributed by atoms with E-state index in [0.29, 0.717) is 22.4 Å². The molecule has 23 heavy (non-hydrogen) atoms. The first-order chi connectivity index (χ1) is 11.1. The lowest BCUT2D eigenvalue weighted by Crippen LogP contribution is -2.30. The second-order valence-corrected chi connectivity index (χ2v) is 6.68. The van der Waals surface area contributed by atoms with Gasteiger partial charge in [0.15, 0.2) is 0 Å². The van der Waals surface area contributed by atoms with Crippen molar-refractivity contribution in [2.24, 2.45) is 0 Å². The molecule has 0 saturated heterocycles.